The molecule has 1 aliphatic heterocycles. The van der Waals surface area contributed by atoms with Crippen molar-refractivity contribution in [1.29, 1.82) is 0 Å². The lowest BCUT2D eigenvalue weighted by molar-refractivity contribution is 0.0951. The molecule has 0 aliphatic carbocycles. The van der Waals surface area contributed by atoms with Gasteiger partial charge in [-0.1, -0.05) is 17.7 Å². The van der Waals surface area contributed by atoms with Gasteiger partial charge in [-0.3, -0.25) is 4.79 Å². The third-order valence-electron chi connectivity index (χ3n) is 5.35. The van der Waals surface area contributed by atoms with Gasteiger partial charge in [-0.2, -0.15) is 4.31 Å². The van der Waals surface area contributed by atoms with E-state index in [-0.39, 0.29) is 12.5 Å². The third-order valence-corrected chi connectivity index (χ3v) is 9.99. The average molecular weight is 510 g/mol. The molecule has 4 rings (SSSR count). The Morgan fingerprint density at radius 1 is 1.00 bits per heavy atom. The predicted molar refractivity (Wildman–Crippen MR) is 130 cm³/mol. The van der Waals surface area contributed by atoms with Gasteiger partial charge in [-0.25, -0.2) is 8.42 Å². The molecule has 6 nitrogen and oxygen atoms in total. The van der Waals surface area contributed by atoms with E-state index in [1.807, 2.05) is 0 Å². The second kappa shape index (κ2) is 10.5. The van der Waals surface area contributed by atoms with Crippen molar-refractivity contribution < 1.29 is 13.2 Å². The van der Waals surface area contributed by atoms with Crippen LogP contribution in [0.3, 0.4) is 0 Å². The molecule has 170 valence electrons. The summed E-state index contributed by atoms with van der Waals surface area (Å²) in [5.74, 6) is -0.224. The van der Waals surface area contributed by atoms with Crippen LogP contribution in [0.4, 0.5) is 0 Å². The lowest BCUT2D eigenvalue weighted by Crippen LogP contribution is -2.48. The van der Waals surface area contributed by atoms with Gasteiger partial charge < -0.3 is 10.2 Å². The second-order valence-corrected chi connectivity index (χ2v) is 12.3. The Labute approximate surface area is 201 Å². The topological polar surface area (TPSA) is 69.7 Å². The summed E-state index contributed by atoms with van der Waals surface area (Å²) < 4.78 is 28.0. The van der Waals surface area contributed by atoms with Crippen molar-refractivity contribution in [3.8, 4) is 0 Å². The van der Waals surface area contributed by atoms with Crippen molar-refractivity contribution in [2.75, 3.05) is 32.7 Å². The molecule has 1 saturated heterocycles. The van der Waals surface area contributed by atoms with Gasteiger partial charge in [0.15, 0.2) is 0 Å². The summed E-state index contributed by atoms with van der Waals surface area (Å²) >= 11 is 8.81. The van der Waals surface area contributed by atoms with E-state index in [2.05, 4.69) is 27.7 Å². The summed E-state index contributed by atoms with van der Waals surface area (Å²) in [6.45, 7) is 3.68. The van der Waals surface area contributed by atoms with Crippen molar-refractivity contribution in [2.24, 2.45) is 0 Å². The molecule has 0 bridgehead atoms. The predicted octanol–water partition coefficient (Wildman–Crippen LogP) is 3.94. The summed E-state index contributed by atoms with van der Waals surface area (Å²) in [5.41, 5.74) is 0.510. The van der Waals surface area contributed by atoms with Crippen molar-refractivity contribution in [2.45, 2.75) is 17.2 Å². The summed E-state index contributed by atoms with van der Waals surface area (Å²) in [6.07, 6.45) is 1.00. The van der Waals surface area contributed by atoms with E-state index in [9.17, 15) is 13.2 Å². The van der Waals surface area contributed by atoms with Crippen molar-refractivity contribution in [3.05, 3.63) is 74.3 Å². The number of carbonyl (C=O) groups excluding carboxylic acids is 1. The second-order valence-electron chi connectivity index (χ2n) is 7.49. The Bertz CT molecular complexity index is 1140. The van der Waals surface area contributed by atoms with Gasteiger partial charge in [0.05, 0.1) is 6.54 Å². The molecule has 3 heterocycles. The van der Waals surface area contributed by atoms with E-state index in [0.717, 1.165) is 30.9 Å². The molecule has 2 aromatic heterocycles. The SMILES string of the molecule is O=C(NCc1ccc(S(=O)(=O)N2CCN(CCc3cccs3)CC2)s1)c1ccc(Cl)cc1. The van der Waals surface area contributed by atoms with E-state index in [1.54, 1.807) is 52.0 Å². The molecule has 32 heavy (non-hydrogen) atoms. The highest BCUT2D eigenvalue weighted by Gasteiger charge is 2.29. The zero-order valence-electron chi connectivity index (χ0n) is 17.4. The zero-order chi connectivity index (χ0) is 22.6. The number of amides is 1. The number of piperazine rings is 1. The van der Waals surface area contributed by atoms with Gasteiger partial charge in [0.2, 0.25) is 0 Å². The molecule has 1 aliphatic rings. The molecule has 10 heteroatoms. The minimum atomic E-state index is -3.52. The van der Waals surface area contributed by atoms with E-state index in [0.29, 0.717) is 27.9 Å². The number of sulfonamides is 1. The van der Waals surface area contributed by atoms with Gasteiger partial charge >= 0.3 is 0 Å². The molecule has 0 atom stereocenters. The molecule has 0 unspecified atom stereocenters. The lowest BCUT2D eigenvalue weighted by atomic mass is 10.2. The van der Waals surface area contributed by atoms with Gasteiger partial charge in [0.1, 0.15) is 4.21 Å². The van der Waals surface area contributed by atoms with Gasteiger partial charge in [0.25, 0.3) is 15.9 Å². The number of halogens is 1. The molecule has 0 saturated carbocycles. The molecule has 1 amide bonds. The highest BCUT2D eigenvalue weighted by molar-refractivity contribution is 7.91. The smallest absolute Gasteiger partial charge is 0.252 e. The highest BCUT2D eigenvalue weighted by atomic mass is 35.5. The molecule has 0 radical (unpaired) electrons. The summed E-state index contributed by atoms with van der Waals surface area (Å²) in [6, 6.07) is 14.2. The lowest BCUT2D eigenvalue weighted by Gasteiger charge is -2.33. The third kappa shape index (κ3) is 5.78. The first-order valence-corrected chi connectivity index (χ1v) is 13.8. The molecule has 1 N–H and O–H groups in total. The molecule has 0 spiro atoms. The normalized spacial score (nSPS) is 15.7. The first-order chi connectivity index (χ1) is 15.4. The Kier molecular flexibility index (Phi) is 7.65. The number of carbonyl (C=O) groups is 1. The zero-order valence-corrected chi connectivity index (χ0v) is 20.6. The van der Waals surface area contributed by atoms with Crippen molar-refractivity contribution in [1.82, 2.24) is 14.5 Å². The van der Waals surface area contributed by atoms with Crippen molar-refractivity contribution >= 4 is 50.2 Å². The maximum atomic E-state index is 13.1. The minimum absolute atomic E-state index is 0.224. The van der Waals surface area contributed by atoms with Gasteiger partial charge in [0, 0.05) is 53.1 Å². The number of rotatable bonds is 8. The summed E-state index contributed by atoms with van der Waals surface area (Å²) in [7, 11) is -3.52. The van der Waals surface area contributed by atoms with Crippen LogP contribution in [-0.2, 0) is 23.0 Å². The first kappa shape index (κ1) is 23.4. The molecular weight excluding hydrogens is 486 g/mol. The fraction of sp³-hybridized carbons (Fsp3) is 0.318. The number of thiophene rings is 2. The van der Waals surface area contributed by atoms with E-state index in [1.165, 1.54) is 16.2 Å². The number of nitrogens with one attached hydrogen (secondary N) is 1. The number of hydrogen-bond acceptors (Lipinski definition) is 6. The van der Waals surface area contributed by atoms with Crippen LogP contribution >= 0.6 is 34.3 Å². The fourth-order valence-electron chi connectivity index (χ4n) is 3.51. The molecular formula is C22H24ClN3O3S3. The summed E-state index contributed by atoms with van der Waals surface area (Å²) in [4.78, 5) is 16.7. The maximum absolute atomic E-state index is 13.1. The standard InChI is InChI=1S/C22H24ClN3O3S3/c23-18-5-3-17(4-6-18)22(27)24-16-20-7-8-21(31-20)32(28,29)26-13-11-25(12-14-26)10-9-19-2-1-15-30-19/h1-8,15H,9-14,16H2,(H,24,27). The van der Waals surface area contributed by atoms with Crippen LogP contribution in [-0.4, -0.2) is 56.3 Å². The Morgan fingerprint density at radius 3 is 2.44 bits per heavy atom. The van der Waals surface area contributed by atoms with Gasteiger partial charge in [-0.15, -0.1) is 22.7 Å². The van der Waals surface area contributed by atoms with Gasteiger partial charge in [-0.05, 0) is 54.3 Å². The van der Waals surface area contributed by atoms with E-state index >= 15 is 0 Å². The Balaban J connectivity index is 1.29. The van der Waals surface area contributed by atoms with E-state index in [4.69, 9.17) is 11.6 Å². The van der Waals surface area contributed by atoms with Crippen LogP contribution in [0.1, 0.15) is 20.1 Å². The monoisotopic (exact) mass is 509 g/mol. The number of nitrogens with zero attached hydrogens (tertiary/aromatic N) is 2. The van der Waals surface area contributed by atoms with Crippen LogP contribution in [0.5, 0.6) is 0 Å². The van der Waals surface area contributed by atoms with Crippen LogP contribution < -0.4 is 5.32 Å². The molecule has 1 fully saturated rings. The first-order valence-electron chi connectivity index (χ1n) is 10.3. The quantitative estimate of drug-likeness (QED) is 0.499. The van der Waals surface area contributed by atoms with Crippen LogP contribution in [0.15, 0.2) is 58.1 Å². The molecule has 1 aromatic carbocycles. The van der Waals surface area contributed by atoms with Crippen molar-refractivity contribution in [3.63, 3.8) is 0 Å². The van der Waals surface area contributed by atoms with Crippen LogP contribution in [0, 0.1) is 0 Å². The summed E-state index contributed by atoms with van der Waals surface area (Å²) in [5, 5.41) is 5.47. The highest BCUT2D eigenvalue weighted by Crippen LogP contribution is 2.26. The Hall–Kier alpha value is -1.75. The minimum Gasteiger partial charge on any atom is -0.347 e. The number of hydrogen-bond donors (Lipinski definition) is 1. The molecule has 3 aromatic rings. The fourth-order valence-corrected chi connectivity index (χ4v) is 7.20. The van der Waals surface area contributed by atoms with Crippen LogP contribution in [0.25, 0.3) is 0 Å². The maximum Gasteiger partial charge on any atom is 0.252 e. The van der Waals surface area contributed by atoms with Crippen LogP contribution in [0.2, 0.25) is 5.02 Å². The number of benzene rings is 1. The Morgan fingerprint density at radius 2 is 1.75 bits per heavy atom. The van der Waals surface area contributed by atoms with E-state index < -0.39 is 10.0 Å². The average Bonchev–Trinajstić information content (AvgIpc) is 3.49. The largest absolute Gasteiger partial charge is 0.347 e.